The second kappa shape index (κ2) is 5.53. The van der Waals surface area contributed by atoms with E-state index in [0.29, 0.717) is 12.3 Å². The van der Waals surface area contributed by atoms with Gasteiger partial charge in [-0.1, -0.05) is 12.8 Å². The number of nitrogens with zero attached hydrogens (tertiary/aromatic N) is 1. The van der Waals surface area contributed by atoms with Crippen LogP contribution in [0.5, 0.6) is 0 Å². The summed E-state index contributed by atoms with van der Waals surface area (Å²) in [4.78, 5) is 12.1. The highest BCUT2D eigenvalue weighted by molar-refractivity contribution is 5.70. The molecule has 5 atom stereocenters. The van der Waals surface area contributed by atoms with Crippen molar-refractivity contribution in [3.05, 3.63) is 0 Å². The number of fused-ring (bicyclic) bond motifs is 2. The van der Waals surface area contributed by atoms with Gasteiger partial charge in [0, 0.05) is 6.42 Å². The first-order valence-corrected chi connectivity index (χ1v) is 7.85. The van der Waals surface area contributed by atoms with Crippen LogP contribution in [0.4, 0.5) is 0 Å². The van der Waals surface area contributed by atoms with Crippen LogP contribution in [0, 0.1) is 35.0 Å². The largest absolute Gasteiger partial charge is 0.461 e. The van der Waals surface area contributed by atoms with E-state index < -0.39 is 0 Å². The minimum absolute atomic E-state index is 0.0512. The summed E-state index contributed by atoms with van der Waals surface area (Å²) >= 11 is 0. The molecule has 0 N–H and O–H groups in total. The Morgan fingerprint density at radius 2 is 2.00 bits per heavy atom. The van der Waals surface area contributed by atoms with Gasteiger partial charge in [-0.2, -0.15) is 5.26 Å². The first kappa shape index (κ1) is 13.0. The molecule has 3 saturated carbocycles. The standard InChI is InChI=1S/C16H23NO2/c17-10-13-3-1-2-4-15(13)19-16(18)9-14-8-11-5-6-12(14)7-11/h11-15H,1-9H2. The topological polar surface area (TPSA) is 50.1 Å². The van der Waals surface area contributed by atoms with Crippen molar-refractivity contribution in [3.8, 4) is 6.07 Å². The Labute approximate surface area is 115 Å². The molecule has 0 spiro atoms. The van der Waals surface area contributed by atoms with Crippen LogP contribution in [0.1, 0.15) is 57.8 Å². The lowest BCUT2D eigenvalue weighted by Crippen LogP contribution is -2.30. The van der Waals surface area contributed by atoms with Crippen LogP contribution in [-0.4, -0.2) is 12.1 Å². The fraction of sp³-hybridized carbons (Fsp3) is 0.875. The zero-order valence-electron chi connectivity index (χ0n) is 11.5. The number of rotatable bonds is 3. The lowest BCUT2D eigenvalue weighted by molar-refractivity contribution is -0.153. The summed E-state index contributed by atoms with van der Waals surface area (Å²) in [6.07, 6.45) is 9.66. The maximum absolute atomic E-state index is 12.1. The summed E-state index contributed by atoms with van der Waals surface area (Å²) in [5.41, 5.74) is 0. The molecule has 0 aromatic rings. The average Bonchev–Trinajstić information content (AvgIpc) is 3.01. The predicted octanol–water partition coefficient (Wildman–Crippen LogP) is 3.44. The molecule has 3 aliphatic rings. The number of carbonyl (C=O) groups excluding carboxylic acids is 1. The van der Waals surface area contributed by atoms with Gasteiger partial charge >= 0.3 is 5.97 Å². The number of esters is 1. The summed E-state index contributed by atoms with van der Waals surface area (Å²) in [6, 6.07) is 2.30. The van der Waals surface area contributed by atoms with E-state index in [4.69, 9.17) is 10.00 Å². The molecular weight excluding hydrogens is 238 g/mol. The molecule has 2 bridgehead atoms. The van der Waals surface area contributed by atoms with Crippen molar-refractivity contribution in [3.63, 3.8) is 0 Å². The number of nitriles is 1. The van der Waals surface area contributed by atoms with Crippen molar-refractivity contribution in [2.24, 2.45) is 23.7 Å². The van der Waals surface area contributed by atoms with E-state index in [-0.39, 0.29) is 18.0 Å². The van der Waals surface area contributed by atoms with E-state index in [0.717, 1.165) is 37.5 Å². The van der Waals surface area contributed by atoms with E-state index in [1.165, 1.54) is 25.7 Å². The molecular formula is C16H23NO2. The Morgan fingerprint density at radius 1 is 1.16 bits per heavy atom. The Balaban J connectivity index is 1.49. The second-order valence-corrected chi connectivity index (χ2v) is 6.69. The van der Waals surface area contributed by atoms with Gasteiger partial charge in [0.2, 0.25) is 0 Å². The SMILES string of the molecule is N#CC1CCCCC1OC(=O)CC1CC2CCC1C2. The summed E-state index contributed by atoms with van der Waals surface area (Å²) in [5.74, 6) is 2.10. The van der Waals surface area contributed by atoms with Gasteiger partial charge in [0.15, 0.2) is 0 Å². The summed E-state index contributed by atoms with van der Waals surface area (Å²) in [5, 5.41) is 9.10. The highest BCUT2D eigenvalue weighted by atomic mass is 16.5. The van der Waals surface area contributed by atoms with Gasteiger partial charge in [-0.15, -0.1) is 0 Å². The normalized spacial score (nSPS) is 40.9. The summed E-state index contributed by atoms with van der Waals surface area (Å²) in [7, 11) is 0. The maximum Gasteiger partial charge on any atom is 0.306 e. The molecule has 19 heavy (non-hydrogen) atoms. The van der Waals surface area contributed by atoms with Gasteiger partial charge in [-0.05, 0) is 56.3 Å². The molecule has 3 heteroatoms. The molecule has 3 aliphatic carbocycles. The van der Waals surface area contributed by atoms with Crippen molar-refractivity contribution in [2.45, 2.75) is 63.9 Å². The van der Waals surface area contributed by atoms with Gasteiger partial charge in [0.25, 0.3) is 0 Å². The molecule has 0 saturated heterocycles. The van der Waals surface area contributed by atoms with Crippen LogP contribution in [0.15, 0.2) is 0 Å². The molecule has 3 nitrogen and oxygen atoms in total. The van der Waals surface area contributed by atoms with Crippen molar-refractivity contribution in [1.82, 2.24) is 0 Å². The maximum atomic E-state index is 12.1. The zero-order valence-corrected chi connectivity index (χ0v) is 11.5. The Bertz CT molecular complexity index is 387. The molecule has 0 radical (unpaired) electrons. The highest BCUT2D eigenvalue weighted by Crippen LogP contribution is 2.49. The zero-order chi connectivity index (χ0) is 13.2. The Hall–Kier alpha value is -1.04. The number of hydrogen-bond donors (Lipinski definition) is 0. The van der Waals surface area contributed by atoms with Crippen LogP contribution in [0.3, 0.4) is 0 Å². The molecule has 104 valence electrons. The van der Waals surface area contributed by atoms with Crippen LogP contribution in [0.25, 0.3) is 0 Å². The summed E-state index contributed by atoms with van der Waals surface area (Å²) < 4.78 is 5.60. The van der Waals surface area contributed by atoms with Gasteiger partial charge in [-0.25, -0.2) is 0 Å². The number of carbonyl (C=O) groups is 1. The monoisotopic (exact) mass is 261 g/mol. The molecule has 0 amide bonds. The first-order chi connectivity index (χ1) is 9.26. The van der Waals surface area contributed by atoms with Gasteiger partial charge < -0.3 is 4.74 Å². The van der Waals surface area contributed by atoms with E-state index in [1.807, 2.05) is 0 Å². The third-order valence-electron chi connectivity index (χ3n) is 5.46. The molecule has 3 fully saturated rings. The molecule has 5 unspecified atom stereocenters. The van der Waals surface area contributed by atoms with Crippen molar-refractivity contribution in [1.29, 1.82) is 5.26 Å². The van der Waals surface area contributed by atoms with Crippen LogP contribution >= 0.6 is 0 Å². The van der Waals surface area contributed by atoms with Crippen LogP contribution in [0.2, 0.25) is 0 Å². The quantitative estimate of drug-likeness (QED) is 0.731. The smallest absolute Gasteiger partial charge is 0.306 e. The number of hydrogen-bond acceptors (Lipinski definition) is 3. The van der Waals surface area contributed by atoms with Gasteiger partial charge in [0.05, 0.1) is 12.0 Å². The Kier molecular flexibility index (Phi) is 3.77. The van der Waals surface area contributed by atoms with E-state index in [1.54, 1.807) is 0 Å². The highest BCUT2D eigenvalue weighted by Gasteiger charge is 2.40. The van der Waals surface area contributed by atoms with Crippen molar-refractivity contribution in [2.75, 3.05) is 0 Å². The second-order valence-electron chi connectivity index (χ2n) is 6.69. The van der Waals surface area contributed by atoms with E-state index in [2.05, 4.69) is 6.07 Å². The minimum Gasteiger partial charge on any atom is -0.461 e. The molecule has 3 rings (SSSR count). The fourth-order valence-corrected chi connectivity index (χ4v) is 4.44. The first-order valence-electron chi connectivity index (χ1n) is 7.85. The van der Waals surface area contributed by atoms with Crippen LogP contribution < -0.4 is 0 Å². The van der Waals surface area contributed by atoms with Gasteiger partial charge in [-0.3, -0.25) is 4.79 Å². The predicted molar refractivity (Wildman–Crippen MR) is 71.0 cm³/mol. The minimum atomic E-state index is -0.134. The molecule has 0 aromatic heterocycles. The Morgan fingerprint density at radius 3 is 2.68 bits per heavy atom. The average molecular weight is 261 g/mol. The van der Waals surface area contributed by atoms with E-state index in [9.17, 15) is 4.79 Å². The van der Waals surface area contributed by atoms with Crippen molar-refractivity contribution >= 4 is 5.97 Å². The lowest BCUT2D eigenvalue weighted by Gasteiger charge is -2.28. The molecule has 0 aliphatic heterocycles. The van der Waals surface area contributed by atoms with Crippen molar-refractivity contribution < 1.29 is 9.53 Å². The number of ether oxygens (including phenoxy) is 1. The van der Waals surface area contributed by atoms with E-state index >= 15 is 0 Å². The summed E-state index contributed by atoms with van der Waals surface area (Å²) in [6.45, 7) is 0. The molecule has 0 heterocycles. The van der Waals surface area contributed by atoms with Gasteiger partial charge in [0.1, 0.15) is 6.10 Å². The van der Waals surface area contributed by atoms with Crippen LogP contribution in [-0.2, 0) is 9.53 Å². The molecule has 0 aromatic carbocycles. The fourth-order valence-electron chi connectivity index (χ4n) is 4.44. The lowest BCUT2D eigenvalue weighted by atomic mass is 9.86. The third-order valence-corrected chi connectivity index (χ3v) is 5.46. The third kappa shape index (κ3) is 2.78.